The Labute approximate surface area is 162 Å². The number of piperazine rings is 1. The second kappa shape index (κ2) is 7.44. The van der Waals surface area contributed by atoms with Crippen LogP contribution in [-0.2, 0) is 6.54 Å². The number of benzene rings is 1. The van der Waals surface area contributed by atoms with Crippen molar-refractivity contribution in [2.45, 2.75) is 26.4 Å². The second-order valence-corrected chi connectivity index (χ2v) is 8.31. The van der Waals surface area contributed by atoms with Crippen LogP contribution < -0.4 is 0 Å². The van der Waals surface area contributed by atoms with Crippen LogP contribution in [0.1, 0.15) is 35.9 Å². The third kappa shape index (κ3) is 3.64. The van der Waals surface area contributed by atoms with Crippen molar-refractivity contribution in [1.82, 2.24) is 14.4 Å². The molecule has 1 amide bonds. The van der Waals surface area contributed by atoms with Crippen LogP contribution in [-0.4, -0.2) is 46.5 Å². The van der Waals surface area contributed by atoms with Crippen LogP contribution in [0, 0.1) is 5.82 Å². The predicted octanol–water partition coefficient (Wildman–Crippen LogP) is 4.38. The molecule has 4 nitrogen and oxygen atoms in total. The molecule has 1 saturated heterocycles. The molecule has 142 valence electrons. The normalized spacial score (nSPS) is 15.8. The predicted molar refractivity (Wildman–Crippen MR) is 108 cm³/mol. The lowest BCUT2D eigenvalue weighted by Gasteiger charge is -2.35. The molecule has 4 rings (SSSR count). The standard InChI is InChI=1S/C21H24FN3OS/c1-15(2)25-18-6-11-27-20(18)13-19(25)21(26)24-9-7-23(8-10-24)14-16-4-3-5-17(22)12-16/h3-6,11-13,15H,7-10,14H2,1-2H3. The van der Waals surface area contributed by atoms with Crippen molar-refractivity contribution in [3.05, 3.63) is 58.9 Å². The summed E-state index contributed by atoms with van der Waals surface area (Å²) in [6.07, 6.45) is 0. The Balaban J connectivity index is 1.44. The van der Waals surface area contributed by atoms with Gasteiger partial charge in [-0.2, -0.15) is 0 Å². The highest BCUT2D eigenvalue weighted by Crippen LogP contribution is 2.29. The molecule has 0 bridgehead atoms. The maximum atomic E-state index is 13.4. The van der Waals surface area contributed by atoms with Gasteiger partial charge in [0.2, 0.25) is 0 Å². The maximum Gasteiger partial charge on any atom is 0.270 e. The molecule has 2 aromatic heterocycles. The maximum absolute atomic E-state index is 13.4. The van der Waals surface area contributed by atoms with Gasteiger partial charge in [0.05, 0.1) is 10.2 Å². The molecular weight excluding hydrogens is 361 g/mol. The van der Waals surface area contributed by atoms with Crippen LogP contribution >= 0.6 is 11.3 Å². The number of nitrogens with zero attached hydrogens (tertiary/aromatic N) is 3. The van der Waals surface area contributed by atoms with E-state index in [1.165, 1.54) is 6.07 Å². The number of fused-ring (bicyclic) bond motifs is 1. The minimum atomic E-state index is -0.198. The second-order valence-electron chi connectivity index (χ2n) is 7.36. The summed E-state index contributed by atoms with van der Waals surface area (Å²) in [5.41, 5.74) is 2.90. The van der Waals surface area contributed by atoms with Crippen molar-refractivity contribution in [2.24, 2.45) is 0 Å². The molecule has 1 aliphatic rings. The number of carbonyl (C=O) groups is 1. The molecule has 0 spiro atoms. The highest BCUT2D eigenvalue weighted by atomic mass is 32.1. The van der Waals surface area contributed by atoms with Gasteiger partial charge >= 0.3 is 0 Å². The van der Waals surface area contributed by atoms with Crippen LogP contribution in [0.2, 0.25) is 0 Å². The van der Waals surface area contributed by atoms with Gasteiger partial charge in [-0.15, -0.1) is 11.3 Å². The summed E-state index contributed by atoms with van der Waals surface area (Å²) in [7, 11) is 0. The fraction of sp³-hybridized carbons (Fsp3) is 0.381. The molecule has 0 radical (unpaired) electrons. The summed E-state index contributed by atoms with van der Waals surface area (Å²) < 4.78 is 16.7. The van der Waals surface area contributed by atoms with Crippen molar-refractivity contribution in [3.63, 3.8) is 0 Å². The number of carbonyl (C=O) groups excluding carboxylic acids is 1. The van der Waals surface area contributed by atoms with E-state index in [4.69, 9.17) is 0 Å². The minimum Gasteiger partial charge on any atom is -0.335 e. The van der Waals surface area contributed by atoms with E-state index >= 15 is 0 Å². The Morgan fingerprint density at radius 3 is 2.63 bits per heavy atom. The van der Waals surface area contributed by atoms with Gasteiger partial charge in [0.15, 0.2) is 0 Å². The number of amides is 1. The number of aromatic nitrogens is 1. The zero-order valence-corrected chi connectivity index (χ0v) is 16.5. The van der Waals surface area contributed by atoms with E-state index in [1.54, 1.807) is 23.5 Å². The van der Waals surface area contributed by atoms with Crippen molar-refractivity contribution >= 4 is 27.5 Å². The first kappa shape index (κ1) is 18.2. The Kier molecular flexibility index (Phi) is 5.02. The van der Waals surface area contributed by atoms with E-state index < -0.39 is 0 Å². The summed E-state index contributed by atoms with van der Waals surface area (Å²) in [6.45, 7) is 7.96. The van der Waals surface area contributed by atoms with Crippen LogP contribution in [0.4, 0.5) is 4.39 Å². The highest BCUT2D eigenvalue weighted by molar-refractivity contribution is 7.17. The fourth-order valence-corrected chi connectivity index (χ4v) is 4.64. The van der Waals surface area contributed by atoms with Crippen molar-refractivity contribution < 1.29 is 9.18 Å². The molecule has 0 unspecified atom stereocenters. The van der Waals surface area contributed by atoms with E-state index in [0.29, 0.717) is 13.1 Å². The third-order valence-electron chi connectivity index (χ3n) is 5.15. The molecule has 1 aliphatic heterocycles. The minimum absolute atomic E-state index is 0.109. The number of hydrogen-bond donors (Lipinski definition) is 0. The monoisotopic (exact) mass is 385 g/mol. The summed E-state index contributed by atoms with van der Waals surface area (Å²) in [6, 6.07) is 11.1. The zero-order chi connectivity index (χ0) is 19.0. The highest BCUT2D eigenvalue weighted by Gasteiger charge is 2.26. The van der Waals surface area contributed by atoms with Crippen LogP contribution in [0.3, 0.4) is 0 Å². The van der Waals surface area contributed by atoms with E-state index in [2.05, 4.69) is 34.8 Å². The van der Waals surface area contributed by atoms with Crippen molar-refractivity contribution in [2.75, 3.05) is 26.2 Å². The largest absolute Gasteiger partial charge is 0.335 e. The molecule has 0 atom stereocenters. The van der Waals surface area contributed by atoms with Gasteiger partial charge in [-0.3, -0.25) is 9.69 Å². The lowest BCUT2D eigenvalue weighted by Crippen LogP contribution is -2.48. The molecule has 0 saturated carbocycles. The average molecular weight is 386 g/mol. The number of hydrogen-bond acceptors (Lipinski definition) is 3. The van der Waals surface area contributed by atoms with Gasteiger partial charge in [0, 0.05) is 38.8 Å². The molecule has 1 aromatic carbocycles. The topological polar surface area (TPSA) is 28.5 Å². The summed E-state index contributed by atoms with van der Waals surface area (Å²) in [5, 5.41) is 2.07. The van der Waals surface area contributed by atoms with Crippen LogP contribution in [0.15, 0.2) is 41.8 Å². The van der Waals surface area contributed by atoms with Crippen molar-refractivity contribution in [3.8, 4) is 0 Å². The Morgan fingerprint density at radius 1 is 1.15 bits per heavy atom. The van der Waals surface area contributed by atoms with Crippen molar-refractivity contribution in [1.29, 1.82) is 0 Å². The smallest absolute Gasteiger partial charge is 0.270 e. The Morgan fingerprint density at radius 2 is 1.93 bits per heavy atom. The number of halogens is 1. The summed E-state index contributed by atoms with van der Waals surface area (Å²) in [4.78, 5) is 17.4. The lowest BCUT2D eigenvalue weighted by molar-refractivity contribution is 0.0617. The van der Waals surface area contributed by atoms with Gasteiger partial charge < -0.3 is 9.47 Å². The van der Waals surface area contributed by atoms with E-state index in [-0.39, 0.29) is 17.8 Å². The van der Waals surface area contributed by atoms with Crippen LogP contribution in [0.5, 0.6) is 0 Å². The van der Waals surface area contributed by atoms with E-state index in [1.807, 2.05) is 17.0 Å². The molecule has 3 aromatic rings. The summed E-state index contributed by atoms with van der Waals surface area (Å²) >= 11 is 1.68. The molecule has 3 heterocycles. The van der Waals surface area contributed by atoms with E-state index in [9.17, 15) is 9.18 Å². The molecular formula is C21H24FN3OS. The molecule has 1 fully saturated rings. The van der Waals surface area contributed by atoms with Gasteiger partial charge in [0.25, 0.3) is 5.91 Å². The van der Waals surface area contributed by atoms with Gasteiger partial charge in [-0.05, 0) is 49.1 Å². The first-order valence-corrected chi connectivity index (χ1v) is 10.3. The lowest BCUT2D eigenvalue weighted by atomic mass is 10.2. The van der Waals surface area contributed by atoms with Crippen LogP contribution in [0.25, 0.3) is 10.2 Å². The first-order valence-electron chi connectivity index (χ1n) is 9.37. The fourth-order valence-electron chi connectivity index (χ4n) is 3.83. The zero-order valence-electron chi connectivity index (χ0n) is 15.7. The molecule has 27 heavy (non-hydrogen) atoms. The Hall–Kier alpha value is -2.18. The van der Waals surface area contributed by atoms with Gasteiger partial charge in [-0.1, -0.05) is 12.1 Å². The SMILES string of the molecule is CC(C)n1c(C(=O)N2CCN(Cc3cccc(F)c3)CC2)cc2sccc21. The molecule has 6 heteroatoms. The van der Waals surface area contributed by atoms with Gasteiger partial charge in [0.1, 0.15) is 11.5 Å². The number of rotatable bonds is 4. The first-order chi connectivity index (χ1) is 13.0. The van der Waals surface area contributed by atoms with E-state index in [0.717, 1.165) is 41.1 Å². The quantitative estimate of drug-likeness (QED) is 0.667. The Bertz CT molecular complexity index is 953. The average Bonchev–Trinajstić information content (AvgIpc) is 3.22. The number of thiophene rings is 1. The third-order valence-corrected chi connectivity index (χ3v) is 6.00. The molecule has 0 aliphatic carbocycles. The summed E-state index contributed by atoms with van der Waals surface area (Å²) in [5.74, 6) is -0.0896. The van der Waals surface area contributed by atoms with Gasteiger partial charge in [-0.25, -0.2) is 4.39 Å². The molecule has 0 N–H and O–H groups in total.